The molecular formula is C17H24O3. The molecule has 2 aliphatic rings. The molecule has 0 spiro atoms. The molecule has 0 aromatic carbocycles. The van der Waals surface area contributed by atoms with Crippen LogP contribution in [-0.2, 0) is 4.74 Å². The molecular weight excluding hydrogens is 252 g/mol. The molecule has 3 atom stereocenters. The summed E-state index contributed by atoms with van der Waals surface area (Å²) in [6, 6.07) is 1.78. The Labute approximate surface area is 120 Å². The predicted octanol–water partition coefficient (Wildman–Crippen LogP) is 4.27. The van der Waals surface area contributed by atoms with Crippen molar-refractivity contribution in [2.45, 2.75) is 60.0 Å². The quantitative estimate of drug-likeness (QED) is 0.757. The Kier molecular flexibility index (Phi) is 2.83. The van der Waals surface area contributed by atoms with Crippen LogP contribution in [0.1, 0.15) is 61.9 Å². The van der Waals surface area contributed by atoms with Gasteiger partial charge in [-0.1, -0.05) is 20.8 Å². The standard InChI is InChI=1S/C17H24O3/c1-10-8-13(11(2)19-10)15(18)20-14-9-12-6-7-17(14,5)16(12,3)4/h8,12,14H,6-7,9H2,1-5H3. The van der Waals surface area contributed by atoms with Crippen molar-refractivity contribution in [3.63, 3.8) is 0 Å². The van der Waals surface area contributed by atoms with Crippen molar-refractivity contribution in [3.8, 4) is 0 Å². The van der Waals surface area contributed by atoms with Crippen molar-refractivity contribution in [3.05, 3.63) is 23.2 Å². The van der Waals surface area contributed by atoms with Crippen molar-refractivity contribution in [2.24, 2.45) is 16.7 Å². The second kappa shape index (κ2) is 4.12. The largest absolute Gasteiger partial charge is 0.466 e. The lowest BCUT2D eigenvalue weighted by Gasteiger charge is -2.38. The normalized spacial score (nSPS) is 34.5. The molecule has 2 saturated carbocycles. The average Bonchev–Trinajstić information content (AvgIpc) is 2.86. The van der Waals surface area contributed by atoms with Gasteiger partial charge in [-0.2, -0.15) is 0 Å². The highest BCUT2D eigenvalue weighted by Gasteiger charge is 2.62. The molecule has 3 unspecified atom stereocenters. The van der Waals surface area contributed by atoms with Crippen LogP contribution in [-0.4, -0.2) is 12.1 Å². The van der Waals surface area contributed by atoms with Crippen molar-refractivity contribution in [2.75, 3.05) is 0 Å². The monoisotopic (exact) mass is 276 g/mol. The van der Waals surface area contributed by atoms with Crippen molar-refractivity contribution in [1.82, 2.24) is 0 Å². The second-order valence-electron chi connectivity index (χ2n) is 7.33. The summed E-state index contributed by atoms with van der Waals surface area (Å²) in [5, 5.41) is 0. The molecule has 1 heterocycles. The Morgan fingerprint density at radius 2 is 2.05 bits per heavy atom. The maximum Gasteiger partial charge on any atom is 0.341 e. The van der Waals surface area contributed by atoms with Crippen LogP contribution in [0, 0.1) is 30.6 Å². The van der Waals surface area contributed by atoms with Gasteiger partial charge in [-0.25, -0.2) is 4.79 Å². The minimum absolute atomic E-state index is 0.0401. The number of carbonyl (C=O) groups excluding carboxylic acids is 1. The predicted molar refractivity (Wildman–Crippen MR) is 76.6 cm³/mol. The molecule has 0 radical (unpaired) electrons. The third kappa shape index (κ3) is 1.68. The summed E-state index contributed by atoms with van der Waals surface area (Å²) in [5.74, 6) is 1.86. The average molecular weight is 276 g/mol. The van der Waals surface area contributed by atoms with E-state index < -0.39 is 0 Å². The number of hydrogen-bond acceptors (Lipinski definition) is 3. The molecule has 20 heavy (non-hydrogen) atoms. The Bertz CT molecular complexity index is 555. The van der Waals surface area contributed by atoms with Crippen LogP contribution in [0.3, 0.4) is 0 Å². The Hall–Kier alpha value is -1.25. The Morgan fingerprint density at radius 3 is 2.50 bits per heavy atom. The maximum atomic E-state index is 12.4. The topological polar surface area (TPSA) is 39.4 Å². The molecule has 0 amide bonds. The van der Waals surface area contributed by atoms with E-state index in [1.165, 1.54) is 6.42 Å². The first kappa shape index (κ1) is 13.7. The fourth-order valence-corrected chi connectivity index (χ4v) is 4.33. The highest BCUT2D eigenvalue weighted by molar-refractivity contribution is 5.90. The molecule has 110 valence electrons. The molecule has 2 fully saturated rings. The summed E-state index contributed by atoms with van der Waals surface area (Å²) >= 11 is 0. The fourth-order valence-electron chi connectivity index (χ4n) is 4.33. The summed E-state index contributed by atoms with van der Waals surface area (Å²) in [7, 11) is 0. The molecule has 0 aliphatic heterocycles. The number of furan rings is 1. The lowest BCUT2D eigenvalue weighted by atomic mass is 9.70. The van der Waals surface area contributed by atoms with Gasteiger partial charge in [0.1, 0.15) is 23.2 Å². The van der Waals surface area contributed by atoms with Crippen LogP contribution in [0.25, 0.3) is 0 Å². The van der Waals surface area contributed by atoms with E-state index in [0.29, 0.717) is 17.2 Å². The SMILES string of the molecule is Cc1cc(C(=O)OC2CC3CCC2(C)C3(C)C)c(C)o1. The van der Waals surface area contributed by atoms with Crippen LogP contribution in [0.15, 0.2) is 10.5 Å². The molecule has 2 aliphatic carbocycles. The minimum Gasteiger partial charge on any atom is -0.466 e. The van der Waals surface area contributed by atoms with E-state index in [1.54, 1.807) is 6.07 Å². The first-order valence-electron chi connectivity index (χ1n) is 7.54. The van der Waals surface area contributed by atoms with E-state index in [1.807, 2.05) is 13.8 Å². The molecule has 3 nitrogen and oxygen atoms in total. The zero-order valence-electron chi connectivity index (χ0n) is 13.1. The molecule has 2 bridgehead atoms. The van der Waals surface area contributed by atoms with Gasteiger partial charge in [-0.05, 0) is 50.5 Å². The van der Waals surface area contributed by atoms with Gasteiger partial charge in [0.15, 0.2) is 0 Å². The summed E-state index contributed by atoms with van der Waals surface area (Å²) in [5.41, 5.74) is 0.950. The van der Waals surface area contributed by atoms with Gasteiger partial charge in [-0.3, -0.25) is 0 Å². The number of esters is 1. The van der Waals surface area contributed by atoms with E-state index in [2.05, 4.69) is 20.8 Å². The number of rotatable bonds is 2. The van der Waals surface area contributed by atoms with E-state index >= 15 is 0 Å². The lowest BCUT2D eigenvalue weighted by Crippen LogP contribution is -2.38. The van der Waals surface area contributed by atoms with Crippen LogP contribution in [0.2, 0.25) is 0 Å². The summed E-state index contributed by atoms with van der Waals surface area (Å²) < 4.78 is 11.3. The minimum atomic E-state index is -0.228. The summed E-state index contributed by atoms with van der Waals surface area (Å²) in [6.07, 6.45) is 3.47. The van der Waals surface area contributed by atoms with Crippen molar-refractivity contribution in [1.29, 1.82) is 0 Å². The third-order valence-corrected chi connectivity index (χ3v) is 6.22. The van der Waals surface area contributed by atoms with Crippen LogP contribution < -0.4 is 0 Å². The number of aryl methyl sites for hydroxylation is 2. The highest BCUT2D eigenvalue weighted by Crippen LogP contribution is 2.66. The summed E-state index contributed by atoms with van der Waals surface area (Å²) in [6.45, 7) is 10.6. The fraction of sp³-hybridized carbons (Fsp3) is 0.706. The zero-order chi connectivity index (χ0) is 14.7. The van der Waals surface area contributed by atoms with E-state index in [0.717, 1.165) is 18.6 Å². The zero-order valence-corrected chi connectivity index (χ0v) is 13.1. The van der Waals surface area contributed by atoms with E-state index in [4.69, 9.17) is 9.15 Å². The maximum absolute atomic E-state index is 12.4. The molecule has 3 rings (SSSR count). The van der Waals surface area contributed by atoms with Gasteiger partial charge in [-0.15, -0.1) is 0 Å². The van der Waals surface area contributed by atoms with Gasteiger partial charge < -0.3 is 9.15 Å². The van der Waals surface area contributed by atoms with E-state index in [9.17, 15) is 4.79 Å². The Balaban J connectivity index is 1.80. The highest BCUT2D eigenvalue weighted by atomic mass is 16.5. The number of hydrogen-bond donors (Lipinski definition) is 0. The van der Waals surface area contributed by atoms with Gasteiger partial charge in [0.25, 0.3) is 0 Å². The van der Waals surface area contributed by atoms with Crippen LogP contribution in [0.5, 0.6) is 0 Å². The van der Waals surface area contributed by atoms with Gasteiger partial charge in [0.05, 0.1) is 0 Å². The smallest absolute Gasteiger partial charge is 0.341 e. The molecule has 3 heteroatoms. The Morgan fingerprint density at radius 1 is 1.35 bits per heavy atom. The lowest BCUT2D eigenvalue weighted by molar-refractivity contribution is -0.0243. The number of fused-ring (bicyclic) bond motifs is 2. The van der Waals surface area contributed by atoms with Crippen molar-refractivity contribution < 1.29 is 13.9 Å². The van der Waals surface area contributed by atoms with Gasteiger partial charge in [0.2, 0.25) is 0 Å². The number of ether oxygens (including phenoxy) is 1. The number of carbonyl (C=O) groups is 1. The van der Waals surface area contributed by atoms with Crippen LogP contribution >= 0.6 is 0 Å². The van der Waals surface area contributed by atoms with Gasteiger partial charge in [0, 0.05) is 5.41 Å². The second-order valence-corrected chi connectivity index (χ2v) is 7.33. The third-order valence-electron chi connectivity index (χ3n) is 6.22. The molecule has 0 saturated heterocycles. The van der Waals surface area contributed by atoms with Gasteiger partial charge >= 0.3 is 5.97 Å². The first-order chi connectivity index (χ1) is 9.25. The molecule has 1 aromatic rings. The first-order valence-corrected chi connectivity index (χ1v) is 7.54. The van der Waals surface area contributed by atoms with E-state index in [-0.39, 0.29) is 22.9 Å². The summed E-state index contributed by atoms with van der Waals surface area (Å²) in [4.78, 5) is 12.4. The molecule has 0 N–H and O–H groups in total. The van der Waals surface area contributed by atoms with Crippen molar-refractivity contribution >= 4 is 5.97 Å². The van der Waals surface area contributed by atoms with Crippen LogP contribution in [0.4, 0.5) is 0 Å². The molecule has 1 aromatic heterocycles.